The smallest absolute Gasteiger partial charge is 0.0897 e. The van der Waals surface area contributed by atoms with E-state index in [-0.39, 0.29) is 6.04 Å². The molecule has 92 valence electrons. The van der Waals surface area contributed by atoms with E-state index in [1.54, 1.807) is 11.3 Å². The Morgan fingerprint density at radius 3 is 2.94 bits per heavy atom. The first-order valence-corrected chi connectivity index (χ1v) is 7.36. The molecule has 1 unspecified atom stereocenters. The maximum Gasteiger partial charge on any atom is 0.0897 e. The molecule has 0 saturated carbocycles. The van der Waals surface area contributed by atoms with Gasteiger partial charge in [0, 0.05) is 11.8 Å². The van der Waals surface area contributed by atoms with Crippen LogP contribution in [0.2, 0.25) is 0 Å². The van der Waals surface area contributed by atoms with Crippen LogP contribution in [0.25, 0.3) is 0 Å². The fraction of sp³-hybridized carbons (Fsp3) is 0.545. The van der Waals surface area contributed by atoms with Gasteiger partial charge >= 0.3 is 0 Å². The average molecular weight is 268 g/mol. The van der Waals surface area contributed by atoms with Crippen molar-refractivity contribution in [1.29, 1.82) is 0 Å². The van der Waals surface area contributed by atoms with Gasteiger partial charge in [0.05, 0.1) is 27.8 Å². The maximum absolute atomic E-state index is 4.51. The Bertz CT molecular complexity index is 438. The predicted octanol–water partition coefficient (Wildman–Crippen LogP) is 2.59. The van der Waals surface area contributed by atoms with Gasteiger partial charge in [-0.25, -0.2) is 4.98 Å². The predicted molar refractivity (Wildman–Crippen MR) is 71.5 cm³/mol. The van der Waals surface area contributed by atoms with Crippen LogP contribution in [0.4, 0.5) is 0 Å². The molecular formula is C11H16N4S2. The zero-order valence-electron chi connectivity index (χ0n) is 10.0. The lowest BCUT2D eigenvalue weighted by atomic mass is 10.1. The summed E-state index contributed by atoms with van der Waals surface area (Å²) >= 11 is 3.16. The molecule has 1 atom stereocenters. The molecule has 17 heavy (non-hydrogen) atoms. The van der Waals surface area contributed by atoms with Crippen molar-refractivity contribution in [2.45, 2.75) is 32.7 Å². The quantitative estimate of drug-likeness (QED) is 0.875. The van der Waals surface area contributed by atoms with E-state index in [4.69, 9.17) is 0 Å². The summed E-state index contributed by atoms with van der Waals surface area (Å²) in [6, 6.07) is 0.288. The topological polar surface area (TPSA) is 50.7 Å². The van der Waals surface area contributed by atoms with Gasteiger partial charge in [-0.2, -0.15) is 0 Å². The van der Waals surface area contributed by atoms with Gasteiger partial charge in [-0.15, -0.1) is 16.4 Å². The molecule has 6 heteroatoms. The molecule has 2 rings (SSSR count). The van der Waals surface area contributed by atoms with Crippen molar-refractivity contribution in [1.82, 2.24) is 19.9 Å². The van der Waals surface area contributed by atoms with Crippen LogP contribution in [0.15, 0.2) is 11.6 Å². The van der Waals surface area contributed by atoms with Gasteiger partial charge in [-0.3, -0.25) is 0 Å². The number of thiazole rings is 1. The Labute approximate surface area is 109 Å². The second-order valence-electron chi connectivity index (χ2n) is 3.89. The van der Waals surface area contributed by atoms with Gasteiger partial charge in [-0.05, 0) is 31.4 Å². The standard InChI is InChI=1S/C11H16N4S2/c1-3-4-12-10(11-6-13-15-17-11)5-9-7-16-8(2)14-9/h6-7,10,12H,3-5H2,1-2H3. The molecule has 4 nitrogen and oxygen atoms in total. The van der Waals surface area contributed by atoms with Crippen molar-refractivity contribution in [3.8, 4) is 0 Å². The van der Waals surface area contributed by atoms with Crippen LogP contribution < -0.4 is 5.32 Å². The highest BCUT2D eigenvalue weighted by Gasteiger charge is 2.15. The first-order chi connectivity index (χ1) is 8.29. The minimum absolute atomic E-state index is 0.288. The summed E-state index contributed by atoms with van der Waals surface area (Å²) in [5.74, 6) is 0. The van der Waals surface area contributed by atoms with Gasteiger partial charge in [0.15, 0.2) is 0 Å². The molecule has 0 amide bonds. The number of hydrogen-bond acceptors (Lipinski definition) is 6. The van der Waals surface area contributed by atoms with E-state index < -0.39 is 0 Å². The lowest BCUT2D eigenvalue weighted by Gasteiger charge is -2.14. The number of nitrogens with one attached hydrogen (secondary N) is 1. The van der Waals surface area contributed by atoms with Gasteiger partial charge in [0.25, 0.3) is 0 Å². The maximum atomic E-state index is 4.51. The molecule has 2 heterocycles. The van der Waals surface area contributed by atoms with Crippen LogP contribution in [0, 0.1) is 6.92 Å². The van der Waals surface area contributed by atoms with E-state index in [2.05, 4.69) is 32.2 Å². The van der Waals surface area contributed by atoms with Gasteiger partial charge in [-0.1, -0.05) is 11.4 Å². The number of nitrogens with zero attached hydrogens (tertiary/aromatic N) is 3. The van der Waals surface area contributed by atoms with Crippen molar-refractivity contribution in [2.75, 3.05) is 6.54 Å². The molecule has 0 aliphatic carbocycles. The van der Waals surface area contributed by atoms with Crippen molar-refractivity contribution in [2.24, 2.45) is 0 Å². The number of hydrogen-bond donors (Lipinski definition) is 1. The Morgan fingerprint density at radius 2 is 2.35 bits per heavy atom. The Morgan fingerprint density at radius 1 is 1.47 bits per heavy atom. The molecule has 0 aromatic carbocycles. The van der Waals surface area contributed by atoms with Crippen LogP contribution in [0.5, 0.6) is 0 Å². The number of aryl methyl sites for hydroxylation is 1. The molecule has 1 N–H and O–H groups in total. The van der Waals surface area contributed by atoms with E-state index in [9.17, 15) is 0 Å². The van der Waals surface area contributed by atoms with E-state index in [1.807, 2.05) is 13.1 Å². The van der Waals surface area contributed by atoms with Crippen molar-refractivity contribution in [3.63, 3.8) is 0 Å². The summed E-state index contributed by atoms with van der Waals surface area (Å²) in [5.41, 5.74) is 1.15. The first kappa shape index (κ1) is 12.6. The Kier molecular flexibility index (Phi) is 4.58. The summed E-state index contributed by atoms with van der Waals surface area (Å²) in [6.07, 6.45) is 3.88. The second kappa shape index (κ2) is 6.18. The van der Waals surface area contributed by atoms with Gasteiger partial charge in [0.2, 0.25) is 0 Å². The average Bonchev–Trinajstić information content (AvgIpc) is 2.95. The van der Waals surface area contributed by atoms with E-state index in [1.165, 1.54) is 16.4 Å². The van der Waals surface area contributed by atoms with E-state index >= 15 is 0 Å². The summed E-state index contributed by atoms with van der Waals surface area (Å²) in [5, 5.41) is 10.7. The van der Waals surface area contributed by atoms with E-state index in [0.717, 1.165) is 30.1 Å². The SMILES string of the molecule is CCCNC(Cc1csc(C)n1)c1cnns1. The Balaban J connectivity index is 2.05. The molecule has 0 bridgehead atoms. The van der Waals surface area contributed by atoms with Crippen LogP contribution in [-0.2, 0) is 6.42 Å². The fourth-order valence-electron chi connectivity index (χ4n) is 1.63. The molecule has 0 fully saturated rings. The van der Waals surface area contributed by atoms with Crippen LogP contribution in [0.3, 0.4) is 0 Å². The lowest BCUT2D eigenvalue weighted by molar-refractivity contribution is 0.531. The summed E-state index contributed by atoms with van der Waals surface area (Å²) in [7, 11) is 0. The molecule has 2 aromatic rings. The summed E-state index contributed by atoms with van der Waals surface area (Å²) < 4.78 is 3.93. The summed E-state index contributed by atoms with van der Waals surface area (Å²) in [6.45, 7) is 5.21. The molecule has 2 aromatic heterocycles. The highest BCUT2D eigenvalue weighted by atomic mass is 32.1. The molecule has 0 saturated heterocycles. The number of aromatic nitrogens is 3. The highest BCUT2D eigenvalue weighted by molar-refractivity contribution is 7.09. The van der Waals surface area contributed by atoms with Gasteiger partial charge in [0.1, 0.15) is 0 Å². The number of rotatable bonds is 6. The summed E-state index contributed by atoms with van der Waals surface area (Å²) in [4.78, 5) is 5.70. The molecular weight excluding hydrogens is 252 g/mol. The molecule has 0 aliphatic rings. The fourth-order valence-corrected chi connectivity index (χ4v) is 2.83. The highest BCUT2D eigenvalue weighted by Crippen LogP contribution is 2.21. The minimum Gasteiger partial charge on any atom is -0.309 e. The largest absolute Gasteiger partial charge is 0.309 e. The minimum atomic E-state index is 0.288. The van der Waals surface area contributed by atoms with Crippen LogP contribution >= 0.6 is 22.9 Å². The van der Waals surface area contributed by atoms with E-state index in [0.29, 0.717) is 0 Å². The molecule has 0 radical (unpaired) electrons. The van der Waals surface area contributed by atoms with Crippen LogP contribution in [0.1, 0.15) is 35.0 Å². The Hall–Kier alpha value is -0.850. The normalized spacial score (nSPS) is 12.8. The lowest BCUT2D eigenvalue weighted by Crippen LogP contribution is -2.23. The third-order valence-corrected chi connectivity index (χ3v) is 4.04. The van der Waals surface area contributed by atoms with Gasteiger partial charge < -0.3 is 5.32 Å². The third kappa shape index (κ3) is 3.55. The van der Waals surface area contributed by atoms with Crippen molar-refractivity contribution >= 4 is 22.9 Å². The molecule has 0 spiro atoms. The second-order valence-corrected chi connectivity index (χ2v) is 5.77. The van der Waals surface area contributed by atoms with Crippen molar-refractivity contribution < 1.29 is 0 Å². The van der Waals surface area contributed by atoms with Crippen molar-refractivity contribution in [3.05, 3.63) is 27.2 Å². The zero-order valence-corrected chi connectivity index (χ0v) is 11.6. The van der Waals surface area contributed by atoms with Crippen LogP contribution in [-0.4, -0.2) is 21.1 Å². The third-order valence-electron chi connectivity index (χ3n) is 2.44. The molecule has 0 aliphatic heterocycles. The monoisotopic (exact) mass is 268 g/mol. The zero-order chi connectivity index (χ0) is 12.1. The first-order valence-electron chi connectivity index (χ1n) is 5.71.